The monoisotopic (exact) mass is 210 g/mol. The van der Waals surface area contributed by atoms with Crippen LogP contribution in [0.25, 0.3) is 0 Å². The van der Waals surface area contributed by atoms with E-state index in [1.807, 2.05) is 0 Å². The summed E-state index contributed by atoms with van der Waals surface area (Å²) in [6, 6.07) is 1.63. The van der Waals surface area contributed by atoms with Crippen LogP contribution in [0.15, 0.2) is 12.3 Å². The first kappa shape index (κ1) is 9.97. The predicted molar refractivity (Wildman–Crippen MR) is 54.6 cm³/mol. The van der Waals surface area contributed by atoms with Gasteiger partial charge in [0.05, 0.1) is 12.6 Å². The van der Waals surface area contributed by atoms with Gasteiger partial charge < -0.3 is 10.1 Å². The molecule has 2 heterocycles. The maximum atomic E-state index is 11.5. The van der Waals surface area contributed by atoms with E-state index in [4.69, 9.17) is 4.74 Å². The lowest BCUT2D eigenvalue weighted by Crippen LogP contribution is -2.38. The molecule has 2 amide bonds. The molecule has 0 aromatic carbocycles. The minimum absolute atomic E-state index is 0.119. The van der Waals surface area contributed by atoms with E-state index in [2.05, 4.69) is 15.7 Å². The molecule has 0 aliphatic carbocycles. The molecular formula is C9H14N4O2. The van der Waals surface area contributed by atoms with Gasteiger partial charge in [-0.1, -0.05) is 0 Å². The highest BCUT2D eigenvalue weighted by Crippen LogP contribution is 2.04. The van der Waals surface area contributed by atoms with Gasteiger partial charge in [-0.25, -0.2) is 4.79 Å². The minimum Gasteiger partial charge on any atom is -0.379 e. The molecular weight excluding hydrogens is 196 g/mol. The van der Waals surface area contributed by atoms with E-state index in [1.165, 1.54) is 0 Å². The van der Waals surface area contributed by atoms with Gasteiger partial charge in [-0.05, 0) is 6.42 Å². The van der Waals surface area contributed by atoms with E-state index in [9.17, 15) is 4.79 Å². The van der Waals surface area contributed by atoms with Crippen LogP contribution in [-0.4, -0.2) is 35.1 Å². The van der Waals surface area contributed by atoms with Crippen molar-refractivity contribution >= 4 is 11.8 Å². The molecule has 1 aromatic heterocycles. The first-order valence-corrected chi connectivity index (χ1v) is 4.89. The van der Waals surface area contributed by atoms with Crippen molar-refractivity contribution in [1.82, 2.24) is 15.1 Å². The van der Waals surface area contributed by atoms with Crippen LogP contribution in [-0.2, 0) is 11.8 Å². The molecule has 1 saturated heterocycles. The van der Waals surface area contributed by atoms with E-state index in [0.717, 1.165) is 6.42 Å². The quantitative estimate of drug-likeness (QED) is 0.739. The van der Waals surface area contributed by atoms with Crippen LogP contribution < -0.4 is 10.6 Å². The van der Waals surface area contributed by atoms with E-state index in [1.54, 1.807) is 24.0 Å². The molecule has 6 heteroatoms. The van der Waals surface area contributed by atoms with Crippen molar-refractivity contribution < 1.29 is 9.53 Å². The Bertz CT molecular complexity index is 344. The topological polar surface area (TPSA) is 68.2 Å². The highest BCUT2D eigenvalue weighted by atomic mass is 16.5. The Balaban J connectivity index is 1.81. The zero-order valence-electron chi connectivity index (χ0n) is 8.56. The highest BCUT2D eigenvalue weighted by molar-refractivity contribution is 5.88. The van der Waals surface area contributed by atoms with Crippen LogP contribution in [0.4, 0.5) is 10.6 Å². The average molecular weight is 210 g/mol. The number of hydrogen-bond acceptors (Lipinski definition) is 3. The number of carbonyl (C=O) groups is 1. The number of aromatic nitrogens is 2. The molecule has 82 valence electrons. The number of carbonyl (C=O) groups excluding carboxylic acids is 1. The summed E-state index contributed by atoms with van der Waals surface area (Å²) in [7, 11) is 1.80. The molecule has 0 spiro atoms. The third-order valence-electron chi connectivity index (χ3n) is 2.22. The van der Waals surface area contributed by atoms with Crippen molar-refractivity contribution in [3.63, 3.8) is 0 Å². The van der Waals surface area contributed by atoms with E-state index >= 15 is 0 Å². The predicted octanol–water partition coefficient (Wildman–Crippen LogP) is 0.330. The van der Waals surface area contributed by atoms with Crippen molar-refractivity contribution in [3.05, 3.63) is 12.3 Å². The second-order valence-corrected chi connectivity index (χ2v) is 3.53. The summed E-state index contributed by atoms with van der Waals surface area (Å²) in [4.78, 5) is 11.5. The van der Waals surface area contributed by atoms with E-state index in [0.29, 0.717) is 19.0 Å². The fourth-order valence-electron chi connectivity index (χ4n) is 1.47. The molecule has 15 heavy (non-hydrogen) atoms. The van der Waals surface area contributed by atoms with Gasteiger partial charge in [0, 0.05) is 25.9 Å². The molecule has 1 aliphatic rings. The Labute approximate surface area is 87.6 Å². The third kappa shape index (κ3) is 2.69. The summed E-state index contributed by atoms with van der Waals surface area (Å²) in [6.45, 7) is 1.31. The number of ether oxygens (including phenoxy) is 1. The lowest BCUT2D eigenvalue weighted by atomic mass is 10.3. The average Bonchev–Trinajstić information content (AvgIpc) is 2.77. The molecule has 0 saturated carbocycles. The maximum Gasteiger partial charge on any atom is 0.320 e. The first-order valence-electron chi connectivity index (χ1n) is 4.89. The summed E-state index contributed by atoms with van der Waals surface area (Å²) >= 11 is 0. The zero-order chi connectivity index (χ0) is 10.7. The number of amides is 2. The van der Waals surface area contributed by atoms with Gasteiger partial charge in [-0.15, -0.1) is 0 Å². The Morgan fingerprint density at radius 3 is 3.20 bits per heavy atom. The van der Waals surface area contributed by atoms with Crippen LogP contribution in [0.2, 0.25) is 0 Å². The van der Waals surface area contributed by atoms with Crippen LogP contribution in [0.1, 0.15) is 6.42 Å². The van der Waals surface area contributed by atoms with Crippen LogP contribution in [0, 0.1) is 0 Å². The minimum atomic E-state index is -0.232. The summed E-state index contributed by atoms with van der Waals surface area (Å²) in [6.07, 6.45) is 2.64. The maximum absolute atomic E-state index is 11.5. The number of nitrogens with zero attached hydrogens (tertiary/aromatic N) is 2. The molecule has 1 fully saturated rings. The van der Waals surface area contributed by atoms with Gasteiger partial charge >= 0.3 is 6.03 Å². The summed E-state index contributed by atoms with van der Waals surface area (Å²) in [5.74, 6) is 0.550. The molecule has 0 radical (unpaired) electrons. The van der Waals surface area contributed by atoms with Crippen molar-refractivity contribution in [3.8, 4) is 0 Å². The number of nitrogens with one attached hydrogen (secondary N) is 2. The third-order valence-corrected chi connectivity index (χ3v) is 2.22. The normalized spacial score (nSPS) is 20.2. The van der Waals surface area contributed by atoms with Gasteiger partial charge in [0.25, 0.3) is 0 Å². The molecule has 1 aliphatic heterocycles. The highest BCUT2D eigenvalue weighted by Gasteiger charge is 2.17. The summed E-state index contributed by atoms with van der Waals surface area (Å²) < 4.78 is 6.78. The van der Waals surface area contributed by atoms with Crippen LogP contribution in [0.3, 0.4) is 0 Å². The Kier molecular flexibility index (Phi) is 2.86. The standard InChI is InChI=1S/C9H14N4O2/c1-13-4-2-8(12-13)11-9(14)10-7-3-5-15-6-7/h2,4,7H,3,5-6H2,1H3,(H2,10,11,12,14). The zero-order valence-corrected chi connectivity index (χ0v) is 8.56. The molecule has 1 atom stereocenters. The van der Waals surface area contributed by atoms with Gasteiger partial charge in [0.1, 0.15) is 0 Å². The van der Waals surface area contributed by atoms with Gasteiger partial charge in [-0.2, -0.15) is 5.10 Å². The number of aryl methyl sites for hydroxylation is 1. The lowest BCUT2D eigenvalue weighted by molar-refractivity contribution is 0.189. The molecule has 2 rings (SSSR count). The van der Waals surface area contributed by atoms with Crippen molar-refractivity contribution in [2.45, 2.75) is 12.5 Å². The van der Waals surface area contributed by atoms with Gasteiger partial charge in [0.15, 0.2) is 5.82 Å². The molecule has 2 N–H and O–H groups in total. The molecule has 0 bridgehead atoms. The van der Waals surface area contributed by atoms with Crippen LogP contribution >= 0.6 is 0 Å². The summed E-state index contributed by atoms with van der Waals surface area (Å²) in [5, 5.41) is 9.50. The smallest absolute Gasteiger partial charge is 0.320 e. The fraction of sp³-hybridized carbons (Fsp3) is 0.556. The van der Waals surface area contributed by atoms with Crippen molar-refractivity contribution in [2.24, 2.45) is 7.05 Å². The van der Waals surface area contributed by atoms with Crippen molar-refractivity contribution in [1.29, 1.82) is 0 Å². The summed E-state index contributed by atoms with van der Waals surface area (Å²) in [5.41, 5.74) is 0. The molecule has 6 nitrogen and oxygen atoms in total. The largest absolute Gasteiger partial charge is 0.379 e. The Morgan fingerprint density at radius 2 is 2.60 bits per heavy atom. The Hall–Kier alpha value is -1.56. The fourth-order valence-corrected chi connectivity index (χ4v) is 1.47. The molecule has 1 aromatic rings. The first-order chi connectivity index (χ1) is 7.24. The van der Waals surface area contributed by atoms with Crippen molar-refractivity contribution in [2.75, 3.05) is 18.5 Å². The number of urea groups is 1. The number of anilines is 1. The number of hydrogen-bond donors (Lipinski definition) is 2. The second-order valence-electron chi connectivity index (χ2n) is 3.53. The Morgan fingerprint density at radius 1 is 1.73 bits per heavy atom. The molecule has 1 unspecified atom stereocenters. The van der Waals surface area contributed by atoms with E-state index < -0.39 is 0 Å². The van der Waals surface area contributed by atoms with Crippen LogP contribution in [0.5, 0.6) is 0 Å². The van der Waals surface area contributed by atoms with Gasteiger partial charge in [-0.3, -0.25) is 10.00 Å². The van der Waals surface area contributed by atoms with Gasteiger partial charge in [0.2, 0.25) is 0 Å². The van der Waals surface area contributed by atoms with E-state index in [-0.39, 0.29) is 12.1 Å². The lowest BCUT2D eigenvalue weighted by Gasteiger charge is -2.10. The number of rotatable bonds is 2. The second kappa shape index (κ2) is 4.31. The SMILES string of the molecule is Cn1ccc(NC(=O)NC2CCOC2)n1.